The van der Waals surface area contributed by atoms with E-state index in [0.717, 1.165) is 23.7 Å². The van der Waals surface area contributed by atoms with Crippen LogP contribution in [-0.2, 0) is 0 Å². The zero-order chi connectivity index (χ0) is 13.5. The normalized spacial score (nSPS) is 10.0. The molecule has 19 heavy (non-hydrogen) atoms. The summed E-state index contributed by atoms with van der Waals surface area (Å²) in [5, 5.41) is 3.30. The zero-order valence-electron chi connectivity index (χ0n) is 11.3. The second kappa shape index (κ2) is 6.69. The van der Waals surface area contributed by atoms with E-state index >= 15 is 0 Å². The third-order valence-electron chi connectivity index (χ3n) is 2.78. The van der Waals surface area contributed by atoms with Gasteiger partial charge in [-0.15, -0.1) is 0 Å². The third kappa shape index (κ3) is 3.91. The molecule has 0 aromatic heterocycles. The van der Waals surface area contributed by atoms with Crippen molar-refractivity contribution in [1.82, 2.24) is 0 Å². The molecule has 2 aromatic rings. The van der Waals surface area contributed by atoms with Crippen molar-refractivity contribution in [2.24, 2.45) is 0 Å². The summed E-state index contributed by atoms with van der Waals surface area (Å²) >= 11 is 0. The number of benzene rings is 2. The molecule has 0 fully saturated rings. The van der Waals surface area contributed by atoms with E-state index in [1.807, 2.05) is 42.5 Å². The number of anilines is 1. The van der Waals surface area contributed by atoms with E-state index < -0.39 is 0 Å². The number of rotatable bonds is 6. The van der Waals surface area contributed by atoms with Crippen molar-refractivity contribution in [3.05, 3.63) is 54.1 Å². The second-order valence-electron chi connectivity index (χ2n) is 4.29. The van der Waals surface area contributed by atoms with Gasteiger partial charge in [0.25, 0.3) is 0 Å². The molecule has 0 spiro atoms. The van der Waals surface area contributed by atoms with E-state index in [1.165, 1.54) is 5.56 Å². The van der Waals surface area contributed by atoms with Gasteiger partial charge < -0.3 is 14.8 Å². The molecular formula is C16H19NO2. The Morgan fingerprint density at radius 3 is 2.68 bits per heavy atom. The number of ether oxygens (including phenoxy) is 2. The molecule has 3 nitrogen and oxygen atoms in total. The van der Waals surface area contributed by atoms with Crippen LogP contribution in [0.4, 0.5) is 5.69 Å². The Hall–Kier alpha value is -2.16. The molecule has 3 heteroatoms. The molecule has 0 aliphatic heterocycles. The predicted octanol–water partition coefficient (Wildman–Crippen LogP) is 3.49. The number of methoxy groups -OCH3 is 1. The van der Waals surface area contributed by atoms with Gasteiger partial charge >= 0.3 is 0 Å². The van der Waals surface area contributed by atoms with Crippen LogP contribution in [0.5, 0.6) is 11.5 Å². The standard InChI is InChI=1S/C16H19NO2/c1-13-6-5-7-14(12-13)19-11-10-17-15-8-3-4-9-16(15)18-2/h3-9,12,17H,10-11H2,1-2H3. The Labute approximate surface area is 114 Å². The minimum absolute atomic E-state index is 0.613. The van der Waals surface area contributed by atoms with E-state index in [9.17, 15) is 0 Å². The van der Waals surface area contributed by atoms with Crippen LogP contribution >= 0.6 is 0 Å². The maximum absolute atomic E-state index is 5.68. The lowest BCUT2D eigenvalue weighted by molar-refractivity contribution is 0.332. The molecule has 0 heterocycles. The Balaban J connectivity index is 1.81. The number of nitrogens with one attached hydrogen (secondary N) is 1. The smallest absolute Gasteiger partial charge is 0.141 e. The van der Waals surface area contributed by atoms with Crippen LogP contribution in [0.25, 0.3) is 0 Å². The molecule has 0 radical (unpaired) electrons. The fourth-order valence-corrected chi connectivity index (χ4v) is 1.85. The van der Waals surface area contributed by atoms with Crippen LogP contribution in [0, 0.1) is 6.92 Å². The van der Waals surface area contributed by atoms with E-state index in [4.69, 9.17) is 9.47 Å². The minimum Gasteiger partial charge on any atom is -0.495 e. The summed E-state index contributed by atoms with van der Waals surface area (Å²) in [5.74, 6) is 1.75. The molecular weight excluding hydrogens is 238 g/mol. The van der Waals surface area contributed by atoms with E-state index in [-0.39, 0.29) is 0 Å². The van der Waals surface area contributed by atoms with Gasteiger partial charge in [-0.05, 0) is 36.8 Å². The van der Waals surface area contributed by atoms with Crippen LogP contribution in [0.1, 0.15) is 5.56 Å². The first-order valence-corrected chi connectivity index (χ1v) is 6.36. The Kier molecular flexibility index (Phi) is 4.67. The largest absolute Gasteiger partial charge is 0.495 e. The lowest BCUT2D eigenvalue weighted by atomic mass is 10.2. The van der Waals surface area contributed by atoms with E-state index in [0.29, 0.717) is 6.61 Å². The van der Waals surface area contributed by atoms with Gasteiger partial charge in [-0.3, -0.25) is 0 Å². The van der Waals surface area contributed by atoms with Crippen molar-refractivity contribution in [3.63, 3.8) is 0 Å². The van der Waals surface area contributed by atoms with Crippen molar-refractivity contribution in [3.8, 4) is 11.5 Å². The van der Waals surface area contributed by atoms with Gasteiger partial charge in [-0.25, -0.2) is 0 Å². The van der Waals surface area contributed by atoms with Gasteiger partial charge in [-0.1, -0.05) is 24.3 Å². The van der Waals surface area contributed by atoms with Crippen LogP contribution in [0.15, 0.2) is 48.5 Å². The Bertz CT molecular complexity index is 526. The number of para-hydroxylation sites is 2. The molecule has 0 aliphatic carbocycles. The van der Waals surface area contributed by atoms with Gasteiger partial charge in [0.15, 0.2) is 0 Å². The maximum atomic E-state index is 5.68. The molecule has 0 amide bonds. The highest BCUT2D eigenvalue weighted by atomic mass is 16.5. The molecule has 0 saturated carbocycles. The SMILES string of the molecule is COc1ccccc1NCCOc1cccc(C)c1. The van der Waals surface area contributed by atoms with Crippen LogP contribution in [-0.4, -0.2) is 20.3 Å². The minimum atomic E-state index is 0.613. The average Bonchev–Trinajstić information content (AvgIpc) is 2.44. The summed E-state index contributed by atoms with van der Waals surface area (Å²) in [5.41, 5.74) is 2.19. The quantitative estimate of drug-likeness (QED) is 0.803. The van der Waals surface area contributed by atoms with Crippen molar-refractivity contribution in [2.75, 3.05) is 25.6 Å². The van der Waals surface area contributed by atoms with Crippen molar-refractivity contribution >= 4 is 5.69 Å². The molecule has 0 atom stereocenters. The Morgan fingerprint density at radius 1 is 1.05 bits per heavy atom. The molecule has 1 N–H and O–H groups in total. The summed E-state index contributed by atoms with van der Waals surface area (Å²) in [6.45, 7) is 3.40. The Morgan fingerprint density at radius 2 is 1.89 bits per heavy atom. The highest BCUT2D eigenvalue weighted by Crippen LogP contribution is 2.22. The first-order valence-electron chi connectivity index (χ1n) is 6.36. The fraction of sp³-hybridized carbons (Fsp3) is 0.250. The lowest BCUT2D eigenvalue weighted by Crippen LogP contribution is -2.12. The fourth-order valence-electron chi connectivity index (χ4n) is 1.85. The van der Waals surface area contributed by atoms with Crippen LogP contribution < -0.4 is 14.8 Å². The first kappa shape index (κ1) is 13.3. The number of aryl methyl sites for hydroxylation is 1. The van der Waals surface area contributed by atoms with Crippen molar-refractivity contribution in [2.45, 2.75) is 6.92 Å². The summed E-state index contributed by atoms with van der Waals surface area (Å²) in [4.78, 5) is 0. The number of hydrogen-bond donors (Lipinski definition) is 1. The van der Waals surface area contributed by atoms with Gasteiger partial charge in [-0.2, -0.15) is 0 Å². The summed E-state index contributed by atoms with van der Waals surface area (Å²) in [6, 6.07) is 15.9. The second-order valence-corrected chi connectivity index (χ2v) is 4.29. The number of hydrogen-bond acceptors (Lipinski definition) is 3. The van der Waals surface area contributed by atoms with E-state index in [1.54, 1.807) is 7.11 Å². The average molecular weight is 257 g/mol. The zero-order valence-corrected chi connectivity index (χ0v) is 11.3. The van der Waals surface area contributed by atoms with E-state index in [2.05, 4.69) is 18.3 Å². The highest BCUT2D eigenvalue weighted by Gasteiger charge is 2.00. The third-order valence-corrected chi connectivity index (χ3v) is 2.78. The predicted molar refractivity (Wildman–Crippen MR) is 78.2 cm³/mol. The summed E-state index contributed by atoms with van der Waals surface area (Å²) in [6.07, 6.45) is 0. The first-order chi connectivity index (χ1) is 9.29. The van der Waals surface area contributed by atoms with Crippen molar-refractivity contribution < 1.29 is 9.47 Å². The summed E-state index contributed by atoms with van der Waals surface area (Å²) in [7, 11) is 1.67. The maximum Gasteiger partial charge on any atom is 0.141 e. The van der Waals surface area contributed by atoms with Gasteiger partial charge in [0.2, 0.25) is 0 Å². The molecule has 0 bridgehead atoms. The van der Waals surface area contributed by atoms with Gasteiger partial charge in [0.05, 0.1) is 12.8 Å². The molecule has 2 rings (SSSR count). The van der Waals surface area contributed by atoms with Crippen LogP contribution in [0.2, 0.25) is 0 Å². The monoisotopic (exact) mass is 257 g/mol. The molecule has 100 valence electrons. The lowest BCUT2D eigenvalue weighted by Gasteiger charge is -2.11. The molecule has 2 aromatic carbocycles. The van der Waals surface area contributed by atoms with Crippen LogP contribution in [0.3, 0.4) is 0 Å². The molecule has 0 unspecified atom stereocenters. The van der Waals surface area contributed by atoms with Crippen molar-refractivity contribution in [1.29, 1.82) is 0 Å². The van der Waals surface area contributed by atoms with Gasteiger partial charge in [0, 0.05) is 6.54 Å². The highest BCUT2D eigenvalue weighted by molar-refractivity contribution is 5.56. The van der Waals surface area contributed by atoms with Gasteiger partial charge in [0.1, 0.15) is 18.1 Å². The summed E-state index contributed by atoms with van der Waals surface area (Å²) < 4.78 is 11.0. The molecule has 0 aliphatic rings. The molecule has 0 saturated heterocycles. The topological polar surface area (TPSA) is 30.5 Å².